The summed E-state index contributed by atoms with van der Waals surface area (Å²) in [5.74, 6) is 1.46. The van der Waals surface area contributed by atoms with Gasteiger partial charge in [-0.25, -0.2) is 9.89 Å². The second-order valence-electron chi connectivity index (χ2n) is 4.79. The zero-order chi connectivity index (χ0) is 13.7. The zero-order valence-corrected chi connectivity index (χ0v) is 12.3. The van der Waals surface area contributed by atoms with Gasteiger partial charge in [-0.1, -0.05) is 18.7 Å². The Morgan fingerprint density at radius 1 is 1.68 bits per heavy atom. The summed E-state index contributed by atoms with van der Waals surface area (Å²) in [6, 6.07) is 0.398. The molecule has 0 aromatic carbocycles. The van der Waals surface area contributed by atoms with Gasteiger partial charge in [0.2, 0.25) is 0 Å². The number of H-pyrrole nitrogens is 1. The van der Waals surface area contributed by atoms with Crippen LogP contribution in [0.15, 0.2) is 9.95 Å². The molecule has 0 radical (unpaired) electrons. The lowest BCUT2D eigenvalue weighted by Crippen LogP contribution is -2.36. The highest BCUT2D eigenvalue weighted by Crippen LogP contribution is 2.22. The molecule has 1 aromatic rings. The molecule has 2 atom stereocenters. The highest BCUT2D eigenvalue weighted by atomic mass is 32.2. The van der Waals surface area contributed by atoms with Crippen molar-refractivity contribution in [2.24, 2.45) is 5.92 Å². The molecule has 0 saturated carbocycles. The largest absolute Gasteiger partial charge is 0.381 e. The molecule has 1 aliphatic rings. The van der Waals surface area contributed by atoms with E-state index < -0.39 is 0 Å². The summed E-state index contributed by atoms with van der Waals surface area (Å²) >= 11 is 1.63. The molecule has 2 heterocycles. The van der Waals surface area contributed by atoms with E-state index in [1.54, 1.807) is 16.3 Å². The van der Waals surface area contributed by atoms with E-state index in [0.29, 0.717) is 18.5 Å². The van der Waals surface area contributed by atoms with E-state index in [1.165, 1.54) is 0 Å². The fraction of sp³-hybridized carbons (Fsp3) is 0.833. The molecule has 1 fully saturated rings. The summed E-state index contributed by atoms with van der Waals surface area (Å²) < 4.78 is 7.14. The molecule has 1 aromatic heterocycles. The summed E-state index contributed by atoms with van der Waals surface area (Å²) in [6.07, 6.45) is 2.04. The minimum Gasteiger partial charge on any atom is -0.381 e. The number of nitrogens with zero attached hydrogens (tertiary/aromatic N) is 2. The molecule has 1 saturated heterocycles. The van der Waals surface area contributed by atoms with Gasteiger partial charge in [-0.05, 0) is 19.9 Å². The lowest BCUT2D eigenvalue weighted by molar-refractivity contribution is 0.179. The van der Waals surface area contributed by atoms with Gasteiger partial charge in [0.05, 0.1) is 6.61 Å². The van der Waals surface area contributed by atoms with Crippen molar-refractivity contribution in [3.63, 3.8) is 0 Å². The average Bonchev–Trinajstić information content (AvgIpc) is 3.04. The predicted molar refractivity (Wildman–Crippen MR) is 75.6 cm³/mol. The molecule has 19 heavy (non-hydrogen) atoms. The van der Waals surface area contributed by atoms with Crippen LogP contribution < -0.4 is 11.0 Å². The number of hydrogen-bond acceptors (Lipinski definition) is 5. The smallest absolute Gasteiger partial charge is 0.343 e. The fourth-order valence-corrected chi connectivity index (χ4v) is 3.53. The number of aromatic nitrogens is 3. The molecule has 7 heteroatoms. The lowest BCUT2D eigenvalue weighted by atomic mass is 10.0. The number of nitrogens with one attached hydrogen (secondary N) is 2. The minimum atomic E-state index is -0.116. The SMILES string of the molecule is CCCn1c(SCC(NC)C2CCOC2)n[nH]c1=O. The second-order valence-corrected chi connectivity index (χ2v) is 5.78. The standard InChI is InChI=1S/C12H22N4O2S/c1-3-5-16-11(17)14-15-12(16)19-8-10(13-2)9-4-6-18-7-9/h9-10,13H,3-8H2,1-2H3,(H,14,17). The summed E-state index contributed by atoms with van der Waals surface area (Å²) in [5.41, 5.74) is -0.116. The van der Waals surface area contributed by atoms with E-state index in [0.717, 1.165) is 37.0 Å². The van der Waals surface area contributed by atoms with Crippen molar-refractivity contribution >= 4 is 11.8 Å². The van der Waals surface area contributed by atoms with Crippen LogP contribution in [0.5, 0.6) is 0 Å². The Labute approximate surface area is 117 Å². The topological polar surface area (TPSA) is 71.9 Å². The van der Waals surface area contributed by atoms with Gasteiger partial charge < -0.3 is 10.1 Å². The highest BCUT2D eigenvalue weighted by molar-refractivity contribution is 7.99. The van der Waals surface area contributed by atoms with E-state index in [-0.39, 0.29) is 5.69 Å². The van der Waals surface area contributed by atoms with Gasteiger partial charge in [0.1, 0.15) is 0 Å². The second kappa shape index (κ2) is 7.12. The van der Waals surface area contributed by atoms with E-state index >= 15 is 0 Å². The third-order valence-corrected chi connectivity index (χ3v) is 4.56. The Morgan fingerprint density at radius 2 is 2.53 bits per heavy atom. The Morgan fingerprint density at radius 3 is 3.16 bits per heavy atom. The van der Waals surface area contributed by atoms with E-state index in [1.807, 2.05) is 7.05 Å². The van der Waals surface area contributed by atoms with Gasteiger partial charge in [0, 0.05) is 30.9 Å². The quantitative estimate of drug-likeness (QED) is 0.722. The number of aromatic amines is 1. The summed E-state index contributed by atoms with van der Waals surface area (Å²) in [4.78, 5) is 11.6. The van der Waals surface area contributed by atoms with Gasteiger partial charge >= 0.3 is 5.69 Å². The Hall–Kier alpha value is -0.790. The molecule has 0 spiro atoms. The van der Waals surface area contributed by atoms with Gasteiger partial charge in [0.15, 0.2) is 5.16 Å². The molecule has 0 bridgehead atoms. The predicted octanol–water partition coefficient (Wildman–Crippen LogP) is 0.698. The van der Waals surface area contributed by atoms with Crippen LogP contribution in [-0.2, 0) is 11.3 Å². The molecular weight excluding hydrogens is 264 g/mol. The van der Waals surface area contributed by atoms with E-state index in [2.05, 4.69) is 22.4 Å². The van der Waals surface area contributed by atoms with Crippen LogP contribution in [0.1, 0.15) is 19.8 Å². The monoisotopic (exact) mass is 286 g/mol. The average molecular weight is 286 g/mol. The first-order chi connectivity index (χ1) is 9.26. The Balaban J connectivity index is 1.95. The van der Waals surface area contributed by atoms with Gasteiger partial charge in [-0.15, -0.1) is 5.10 Å². The highest BCUT2D eigenvalue weighted by Gasteiger charge is 2.25. The van der Waals surface area contributed by atoms with Crippen molar-refractivity contribution in [1.29, 1.82) is 0 Å². The summed E-state index contributed by atoms with van der Waals surface area (Å²) in [6.45, 7) is 4.46. The first-order valence-corrected chi connectivity index (χ1v) is 7.77. The van der Waals surface area contributed by atoms with E-state index in [9.17, 15) is 4.79 Å². The van der Waals surface area contributed by atoms with Crippen LogP contribution >= 0.6 is 11.8 Å². The van der Waals surface area contributed by atoms with Crippen molar-refractivity contribution in [2.45, 2.75) is 37.5 Å². The van der Waals surface area contributed by atoms with Crippen molar-refractivity contribution < 1.29 is 4.74 Å². The molecule has 0 amide bonds. The summed E-state index contributed by atoms with van der Waals surface area (Å²) in [7, 11) is 1.98. The molecule has 108 valence electrons. The third-order valence-electron chi connectivity index (χ3n) is 3.47. The Bertz CT molecular complexity index is 439. The first-order valence-electron chi connectivity index (χ1n) is 6.79. The molecule has 2 unspecified atom stereocenters. The number of thioether (sulfide) groups is 1. The van der Waals surface area contributed by atoms with Crippen LogP contribution in [0.25, 0.3) is 0 Å². The van der Waals surface area contributed by atoms with Gasteiger partial charge in [-0.2, -0.15) is 0 Å². The maximum Gasteiger partial charge on any atom is 0.343 e. The van der Waals surface area contributed by atoms with Gasteiger partial charge in [0.25, 0.3) is 0 Å². The van der Waals surface area contributed by atoms with Crippen LogP contribution in [0.4, 0.5) is 0 Å². The summed E-state index contributed by atoms with van der Waals surface area (Å²) in [5, 5.41) is 10.8. The maximum absolute atomic E-state index is 11.6. The van der Waals surface area contributed by atoms with Crippen LogP contribution in [-0.4, -0.2) is 46.8 Å². The van der Waals surface area contributed by atoms with Gasteiger partial charge in [-0.3, -0.25) is 4.57 Å². The molecule has 6 nitrogen and oxygen atoms in total. The zero-order valence-electron chi connectivity index (χ0n) is 11.5. The normalized spacial score (nSPS) is 20.8. The van der Waals surface area contributed by atoms with Crippen molar-refractivity contribution in [1.82, 2.24) is 20.1 Å². The third kappa shape index (κ3) is 3.61. The number of rotatable bonds is 7. The van der Waals surface area contributed by atoms with E-state index in [4.69, 9.17) is 4.74 Å². The first kappa shape index (κ1) is 14.6. The van der Waals surface area contributed by atoms with Crippen molar-refractivity contribution in [3.8, 4) is 0 Å². The fourth-order valence-electron chi connectivity index (χ4n) is 2.32. The maximum atomic E-state index is 11.6. The van der Waals surface area contributed by atoms with Crippen molar-refractivity contribution in [2.75, 3.05) is 26.0 Å². The minimum absolute atomic E-state index is 0.116. The Kier molecular flexibility index (Phi) is 5.47. The van der Waals surface area contributed by atoms with Crippen LogP contribution in [0, 0.1) is 5.92 Å². The number of ether oxygens (including phenoxy) is 1. The molecule has 0 aliphatic carbocycles. The lowest BCUT2D eigenvalue weighted by Gasteiger charge is -2.21. The van der Waals surface area contributed by atoms with Crippen LogP contribution in [0.2, 0.25) is 0 Å². The van der Waals surface area contributed by atoms with Crippen LogP contribution in [0.3, 0.4) is 0 Å². The molecular formula is C12H22N4O2S. The van der Waals surface area contributed by atoms with Crippen molar-refractivity contribution in [3.05, 3.63) is 10.5 Å². The molecule has 1 aliphatic heterocycles. The number of hydrogen-bond donors (Lipinski definition) is 2. The molecule has 2 N–H and O–H groups in total. The molecule has 2 rings (SSSR count).